The molecule has 1 aromatic carbocycles. The number of aromatic nitrogens is 1. The number of thioether (sulfide) groups is 1. The monoisotopic (exact) mass is 347 g/mol. The van der Waals surface area contributed by atoms with Crippen LogP contribution in [0.3, 0.4) is 0 Å². The van der Waals surface area contributed by atoms with Gasteiger partial charge in [0.15, 0.2) is 9.84 Å². The summed E-state index contributed by atoms with van der Waals surface area (Å²) in [5, 5.41) is 0.937. The minimum absolute atomic E-state index is 0.313. The summed E-state index contributed by atoms with van der Waals surface area (Å²) in [4.78, 5) is 5.26. The zero-order valence-electron chi connectivity index (χ0n) is 10.5. The summed E-state index contributed by atoms with van der Waals surface area (Å²) in [6, 6.07) is 8.35. The number of nitrogens with zero attached hydrogens (tertiary/aromatic N) is 1. The van der Waals surface area contributed by atoms with Crippen LogP contribution < -0.4 is 0 Å². The lowest BCUT2D eigenvalue weighted by Crippen LogP contribution is -1.96. The average molecular weight is 348 g/mol. The molecule has 0 aliphatic carbocycles. The standard InChI is InChI=1S/C13H11Cl2NO2S2/c1-20(17,18)11-4-2-10(3-5-11)19-8-9-7-16-13(15)6-12(9)14/h2-7H,8H2,1H3. The molecule has 0 unspecified atom stereocenters. The van der Waals surface area contributed by atoms with Crippen molar-refractivity contribution < 1.29 is 8.42 Å². The van der Waals surface area contributed by atoms with Gasteiger partial charge in [0.2, 0.25) is 0 Å². The van der Waals surface area contributed by atoms with Crippen molar-refractivity contribution in [3.05, 3.63) is 52.3 Å². The van der Waals surface area contributed by atoms with E-state index < -0.39 is 9.84 Å². The van der Waals surface area contributed by atoms with Gasteiger partial charge in [0.1, 0.15) is 5.15 Å². The van der Waals surface area contributed by atoms with E-state index in [0.29, 0.717) is 20.8 Å². The smallest absolute Gasteiger partial charge is 0.175 e. The first kappa shape index (κ1) is 15.6. The number of sulfone groups is 1. The Morgan fingerprint density at radius 2 is 1.85 bits per heavy atom. The molecule has 3 nitrogen and oxygen atoms in total. The van der Waals surface area contributed by atoms with E-state index in [9.17, 15) is 8.42 Å². The van der Waals surface area contributed by atoms with Gasteiger partial charge in [-0.15, -0.1) is 11.8 Å². The van der Waals surface area contributed by atoms with Crippen molar-refractivity contribution in [1.29, 1.82) is 0 Å². The van der Waals surface area contributed by atoms with Gasteiger partial charge in [-0.3, -0.25) is 0 Å². The van der Waals surface area contributed by atoms with Crippen LogP contribution in [0.1, 0.15) is 5.56 Å². The minimum Gasteiger partial charge on any atom is -0.244 e. The first-order valence-electron chi connectivity index (χ1n) is 5.59. The van der Waals surface area contributed by atoms with E-state index in [1.807, 2.05) is 0 Å². The molecule has 0 aliphatic heterocycles. The molecular formula is C13H11Cl2NO2S2. The van der Waals surface area contributed by atoms with E-state index in [2.05, 4.69) is 4.98 Å². The fourth-order valence-corrected chi connectivity index (χ4v) is 3.51. The van der Waals surface area contributed by atoms with Crippen LogP contribution in [-0.2, 0) is 15.6 Å². The summed E-state index contributed by atoms with van der Waals surface area (Å²) in [7, 11) is -3.15. The number of hydrogen-bond donors (Lipinski definition) is 0. The Bertz CT molecular complexity index is 716. The highest BCUT2D eigenvalue weighted by atomic mass is 35.5. The van der Waals surface area contributed by atoms with Crippen molar-refractivity contribution in [3.63, 3.8) is 0 Å². The molecule has 0 spiro atoms. The van der Waals surface area contributed by atoms with Crippen molar-refractivity contribution in [2.75, 3.05) is 6.26 Å². The normalized spacial score (nSPS) is 11.6. The van der Waals surface area contributed by atoms with Gasteiger partial charge in [0.25, 0.3) is 0 Å². The molecule has 1 heterocycles. The zero-order chi connectivity index (χ0) is 14.8. The molecule has 0 fully saturated rings. The largest absolute Gasteiger partial charge is 0.244 e. The maximum absolute atomic E-state index is 11.4. The van der Waals surface area contributed by atoms with Gasteiger partial charge in [-0.25, -0.2) is 13.4 Å². The predicted molar refractivity (Wildman–Crippen MR) is 83.4 cm³/mol. The Kier molecular flexibility index (Phi) is 4.96. The summed E-state index contributed by atoms with van der Waals surface area (Å²) >= 11 is 13.3. The van der Waals surface area contributed by atoms with Crippen LogP contribution in [0.5, 0.6) is 0 Å². The second-order valence-electron chi connectivity index (χ2n) is 4.13. The lowest BCUT2D eigenvalue weighted by atomic mass is 10.3. The Hall–Kier alpha value is -0.750. The topological polar surface area (TPSA) is 47.0 Å². The summed E-state index contributed by atoms with van der Waals surface area (Å²) in [5.41, 5.74) is 0.883. The van der Waals surface area contributed by atoms with E-state index >= 15 is 0 Å². The number of hydrogen-bond acceptors (Lipinski definition) is 4. The van der Waals surface area contributed by atoms with Gasteiger partial charge >= 0.3 is 0 Å². The molecule has 20 heavy (non-hydrogen) atoms. The number of benzene rings is 1. The maximum Gasteiger partial charge on any atom is 0.175 e. The van der Waals surface area contributed by atoms with Gasteiger partial charge in [0.05, 0.1) is 4.90 Å². The lowest BCUT2D eigenvalue weighted by molar-refractivity contribution is 0.602. The Morgan fingerprint density at radius 1 is 1.20 bits per heavy atom. The lowest BCUT2D eigenvalue weighted by Gasteiger charge is -2.05. The zero-order valence-corrected chi connectivity index (χ0v) is 13.7. The highest BCUT2D eigenvalue weighted by Crippen LogP contribution is 2.28. The molecule has 2 aromatic rings. The van der Waals surface area contributed by atoms with Crippen LogP contribution in [0.2, 0.25) is 10.2 Å². The SMILES string of the molecule is CS(=O)(=O)c1ccc(SCc2cnc(Cl)cc2Cl)cc1. The fourth-order valence-electron chi connectivity index (χ4n) is 1.49. The van der Waals surface area contributed by atoms with Gasteiger partial charge in [-0.2, -0.15) is 0 Å². The van der Waals surface area contributed by atoms with E-state index in [1.54, 1.807) is 48.3 Å². The van der Waals surface area contributed by atoms with Crippen molar-refractivity contribution >= 4 is 44.8 Å². The van der Waals surface area contributed by atoms with Crippen LogP contribution in [0.25, 0.3) is 0 Å². The van der Waals surface area contributed by atoms with Gasteiger partial charge < -0.3 is 0 Å². The quantitative estimate of drug-likeness (QED) is 0.617. The average Bonchev–Trinajstić information content (AvgIpc) is 2.37. The number of pyridine rings is 1. The first-order chi connectivity index (χ1) is 9.36. The molecule has 2 rings (SSSR count). The first-order valence-corrected chi connectivity index (χ1v) is 9.22. The number of halogens is 2. The van der Waals surface area contributed by atoms with E-state index in [-0.39, 0.29) is 0 Å². The molecule has 0 radical (unpaired) electrons. The molecule has 106 valence electrons. The van der Waals surface area contributed by atoms with Crippen LogP contribution in [0.4, 0.5) is 0 Å². The molecule has 0 N–H and O–H groups in total. The molecule has 0 saturated heterocycles. The van der Waals surface area contributed by atoms with Crippen LogP contribution in [-0.4, -0.2) is 19.7 Å². The molecule has 7 heteroatoms. The summed E-state index contributed by atoms with van der Waals surface area (Å²) in [5.74, 6) is 0.640. The van der Waals surface area contributed by atoms with E-state index in [1.165, 1.54) is 6.26 Å². The second-order valence-corrected chi connectivity index (χ2v) is 7.99. The van der Waals surface area contributed by atoms with E-state index in [4.69, 9.17) is 23.2 Å². The highest BCUT2D eigenvalue weighted by Gasteiger charge is 2.07. The van der Waals surface area contributed by atoms with Gasteiger partial charge in [-0.05, 0) is 35.9 Å². The molecule has 1 aromatic heterocycles. The van der Waals surface area contributed by atoms with Gasteiger partial charge in [-0.1, -0.05) is 23.2 Å². The molecule has 0 aliphatic rings. The summed E-state index contributed by atoms with van der Waals surface area (Å²) < 4.78 is 22.7. The van der Waals surface area contributed by atoms with Gasteiger partial charge in [0, 0.05) is 28.1 Å². The summed E-state index contributed by atoms with van der Waals surface area (Å²) in [6.45, 7) is 0. The van der Waals surface area contributed by atoms with Crippen molar-refractivity contribution in [1.82, 2.24) is 4.98 Å². The molecule has 0 saturated carbocycles. The predicted octanol–water partition coefficient (Wildman–Crippen LogP) is 4.08. The molecular weight excluding hydrogens is 337 g/mol. The van der Waals surface area contributed by atoms with Crippen LogP contribution in [0, 0.1) is 0 Å². The third-order valence-corrected chi connectivity index (χ3v) is 5.29. The number of rotatable bonds is 4. The second kappa shape index (κ2) is 6.35. The van der Waals surface area contributed by atoms with E-state index in [0.717, 1.165) is 10.5 Å². The Balaban J connectivity index is 2.08. The van der Waals surface area contributed by atoms with Crippen molar-refractivity contribution in [2.45, 2.75) is 15.5 Å². The molecule has 0 atom stereocenters. The third kappa shape index (κ3) is 4.12. The fraction of sp³-hybridized carbons (Fsp3) is 0.154. The Labute approximate surface area is 132 Å². The van der Waals surface area contributed by atoms with Crippen LogP contribution >= 0.6 is 35.0 Å². The van der Waals surface area contributed by atoms with Crippen molar-refractivity contribution in [2.24, 2.45) is 0 Å². The minimum atomic E-state index is -3.15. The maximum atomic E-state index is 11.4. The van der Waals surface area contributed by atoms with Crippen molar-refractivity contribution in [3.8, 4) is 0 Å². The molecule has 0 bridgehead atoms. The summed E-state index contributed by atoms with van der Waals surface area (Å²) in [6.07, 6.45) is 2.83. The van der Waals surface area contributed by atoms with Crippen LogP contribution in [0.15, 0.2) is 46.3 Å². The highest BCUT2D eigenvalue weighted by molar-refractivity contribution is 7.98. The Morgan fingerprint density at radius 3 is 2.40 bits per heavy atom. The third-order valence-electron chi connectivity index (χ3n) is 2.54. The molecule has 0 amide bonds.